The van der Waals surface area contributed by atoms with E-state index in [1.165, 1.54) is 12.1 Å². The molecule has 1 aromatic rings. The van der Waals surface area contributed by atoms with Gasteiger partial charge in [0.2, 0.25) is 0 Å². The third-order valence-corrected chi connectivity index (χ3v) is 2.86. The minimum atomic E-state index is -0.587. The molecule has 0 amide bonds. The van der Waals surface area contributed by atoms with Crippen LogP contribution in [0.1, 0.15) is 19.4 Å². The van der Waals surface area contributed by atoms with Gasteiger partial charge in [0.1, 0.15) is 5.82 Å². The number of nitro groups is 1. The molecule has 19 heavy (non-hydrogen) atoms. The van der Waals surface area contributed by atoms with Gasteiger partial charge in [0.05, 0.1) is 11.0 Å². The van der Waals surface area contributed by atoms with Crippen LogP contribution < -0.4 is 5.73 Å². The van der Waals surface area contributed by atoms with Gasteiger partial charge in [0, 0.05) is 19.2 Å². The average molecular weight is 269 g/mol. The van der Waals surface area contributed by atoms with E-state index in [1.807, 2.05) is 25.8 Å². The van der Waals surface area contributed by atoms with Gasteiger partial charge in [-0.25, -0.2) is 4.39 Å². The van der Waals surface area contributed by atoms with E-state index in [9.17, 15) is 14.5 Å². The van der Waals surface area contributed by atoms with Crippen molar-refractivity contribution < 1.29 is 9.31 Å². The molecule has 106 valence electrons. The number of halogens is 1. The second-order valence-corrected chi connectivity index (χ2v) is 5.62. The number of nitro benzene ring substituents is 1. The first-order valence-electron chi connectivity index (χ1n) is 6.06. The Morgan fingerprint density at radius 1 is 1.42 bits per heavy atom. The molecular weight excluding hydrogens is 249 g/mol. The van der Waals surface area contributed by atoms with Crippen LogP contribution in [0.4, 0.5) is 10.1 Å². The summed E-state index contributed by atoms with van der Waals surface area (Å²) in [6, 6.07) is 3.64. The van der Waals surface area contributed by atoms with Crippen molar-refractivity contribution in [2.24, 2.45) is 11.1 Å². The minimum Gasteiger partial charge on any atom is -0.330 e. The number of benzene rings is 1. The Labute approximate surface area is 112 Å². The summed E-state index contributed by atoms with van der Waals surface area (Å²) in [5, 5.41) is 10.7. The van der Waals surface area contributed by atoms with Crippen LogP contribution in [0.15, 0.2) is 18.2 Å². The standard InChI is InChI=1S/C13H20FN3O2/c1-13(2,8-15)9-16(3)7-10-4-11(14)6-12(5-10)17(18)19/h4-6H,7-9,15H2,1-3H3. The van der Waals surface area contributed by atoms with E-state index >= 15 is 0 Å². The van der Waals surface area contributed by atoms with E-state index in [4.69, 9.17) is 5.73 Å². The Kier molecular flexibility index (Phi) is 4.97. The fourth-order valence-corrected chi connectivity index (χ4v) is 1.99. The normalized spacial score (nSPS) is 11.9. The molecule has 0 heterocycles. The summed E-state index contributed by atoms with van der Waals surface area (Å²) in [6.45, 7) is 5.80. The lowest BCUT2D eigenvalue weighted by molar-refractivity contribution is -0.385. The van der Waals surface area contributed by atoms with Crippen LogP contribution in [0, 0.1) is 21.3 Å². The third-order valence-electron chi connectivity index (χ3n) is 2.86. The molecule has 0 spiro atoms. The molecule has 0 fully saturated rings. The van der Waals surface area contributed by atoms with Gasteiger partial charge < -0.3 is 10.6 Å². The highest BCUT2D eigenvalue weighted by molar-refractivity contribution is 5.35. The summed E-state index contributed by atoms with van der Waals surface area (Å²) < 4.78 is 13.3. The highest BCUT2D eigenvalue weighted by atomic mass is 19.1. The SMILES string of the molecule is CN(Cc1cc(F)cc([N+](=O)[O-])c1)CC(C)(C)CN. The van der Waals surface area contributed by atoms with Gasteiger partial charge in [-0.15, -0.1) is 0 Å². The number of nitrogens with zero attached hydrogens (tertiary/aromatic N) is 2. The van der Waals surface area contributed by atoms with Crippen molar-refractivity contribution in [1.82, 2.24) is 4.90 Å². The second kappa shape index (κ2) is 6.08. The topological polar surface area (TPSA) is 72.4 Å². The first kappa shape index (κ1) is 15.5. The van der Waals surface area contributed by atoms with Crippen LogP contribution in [0.2, 0.25) is 0 Å². The molecule has 1 rings (SSSR count). The van der Waals surface area contributed by atoms with Crippen LogP contribution in [-0.2, 0) is 6.54 Å². The maximum absolute atomic E-state index is 13.3. The third kappa shape index (κ3) is 4.92. The largest absolute Gasteiger partial charge is 0.330 e. The molecule has 0 atom stereocenters. The van der Waals surface area contributed by atoms with E-state index in [2.05, 4.69) is 0 Å². The predicted molar refractivity (Wildman–Crippen MR) is 72.2 cm³/mol. The zero-order valence-corrected chi connectivity index (χ0v) is 11.5. The highest BCUT2D eigenvalue weighted by Crippen LogP contribution is 2.19. The monoisotopic (exact) mass is 269 g/mol. The molecular formula is C13H20FN3O2. The van der Waals surface area contributed by atoms with Crippen LogP contribution >= 0.6 is 0 Å². The van der Waals surface area contributed by atoms with E-state index < -0.39 is 10.7 Å². The Hall–Kier alpha value is -1.53. The zero-order valence-electron chi connectivity index (χ0n) is 11.5. The first-order chi connectivity index (χ1) is 8.73. The van der Waals surface area contributed by atoms with Gasteiger partial charge in [-0.1, -0.05) is 13.8 Å². The fraction of sp³-hybridized carbons (Fsp3) is 0.538. The van der Waals surface area contributed by atoms with Crippen LogP contribution in [0.5, 0.6) is 0 Å². The van der Waals surface area contributed by atoms with E-state index in [-0.39, 0.29) is 11.1 Å². The zero-order chi connectivity index (χ0) is 14.6. The van der Waals surface area contributed by atoms with Gasteiger partial charge in [0.15, 0.2) is 0 Å². The Morgan fingerprint density at radius 2 is 2.05 bits per heavy atom. The van der Waals surface area contributed by atoms with Gasteiger partial charge in [-0.3, -0.25) is 10.1 Å². The molecule has 0 bridgehead atoms. The molecule has 0 aromatic heterocycles. The molecule has 0 aliphatic heterocycles. The van der Waals surface area contributed by atoms with Crippen LogP contribution in [0.25, 0.3) is 0 Å². The average Bonchev–Trinajstić information content (AvgIpc) is 2.27. The maximum atomic E-state index is 13.3. The molecule has 0 aliphatic carbocycles. The fourth-order valence-electron chi connectivity index (χ4n) is 1.99. The van der Waals surface area contributed by atoms with E-state index in [1.54, 1.807) is 0 Å². The minimum absolute atomic E-state index is 0.0476. The Morgan fingerprint density at radius 3 is 2.58 bits per heavy atom. The number of hydrogen-bond donors (Lipinski definition) is 1. The molecule has 6 heteroatoms. The summed E-state index contributed by atoms with van der Waals surface area (Å²) >= 11 is 0. The lowest BCUT2D eigenvalue weighted by Crippen LogP contribution is -2.36. The smallest absolute Gasteiger partial charge is 0.272 e. The molecule has 0 saturated heterocycles. The number of nitrogens with two attached hydrogens (primary N) is 1. The molecule has 5 nitrogen and oxygen atoms in total. The van der Waals surface area contributed by atoms with Gasteiger partial charge in [-0.2, -0.15) is 0 Å². The summed E-state index contributed by atoms with van der Waals surface area (Å²) in [4.78, 5) is 12.1. The predicted octanol–water partition coefficient (Wildman–Crippen LogP) is 2.15. The maximum Gasteiger partial charge on any atom is 0.272 e. The summed E-state index contributed by atoms with van der Waals surface area (Å²) in [6.07, 6.45) is 0. The van der Waals surface area contributed by atoms with Crippen molar-refractivity contribution in [3.8, 4) is 0 Å². The number of rotatable bonds is 6. The Bertz CT molecular complexity index is 463. The van der Waals surface area contributed by atoms with Gasteiger partial charge >= 0.3 is 0 Å². The van der Waals surface area contributed by atoms with Crippen molar-refractivity contribution >= 4 is 5.69 Å². The van der Waals surface area contributed by atoms with Crippen LogP contribution in [-0.4, -0.2) is 30.0 Å². The van der Waals surface area contributed by atoms with Crippen molar-refractivity contribution in [1.29, 1.82) is 0 Å². The van der Waals surface area contributed by atoms with E-state index in [0.29, 0.717) is 18.7 Å². The number of non-ortho nitro benzene ring substituents is 1. The van der Waals surface area contributed by atoms with Gasteiger partial charge in [0.25, 0.3) is 5.69 Å². The lowest BCUT2D eigenvalue weighted by Gasteiger charge is -2.28. The quantitative estimate of drug-likeness (QED) is 0.634. The number of hydrogen-bond acceptors (Lipinski definition) is 4. The van der Waals surface area contributed by atoms with Gasteiger partial charge in [-0.05, 0) is 30.6 Å². The van der Waals surface area contributed by atoms with Crippen molar-refractivity contribution in [3.05, 3.63) is 39.7 Å². The molecule has 0 radical (unpaired) electrons. The van der Waals surface area contributed by atoms with E-state index in [0.717, 1.165) is 12.6 Å². The molecule has 0 aliphatic rings. The molecule has 0 saturated carbocycles. The summed E-state index contributed by atoms with van der Waals surface area (Å²) in [5.74, 6) is -0.587. The second-order valence-electron chi connectivity index (χ2n) is 5.62. The molecule has 0 unspecified atom stereocenters. The van der Waals surface area contributed by atoms with Crippen LogP contribution in [0.3, 0.4) is 0 Å². The Balaban J connectivity index is 2.79. The first-order valence-corrected chi connectivity index (χ1v) is 6.06. The summed E-state index contributed by atoms with van der Waals surface area (Å²) in [5.41, 5.74) is 5.98. The highest BCUT2D eigenvalue weighted by Gasteiger charge is 2.19. The van der Waals surface area contributed by atoms with Crippen molar-refractivity contribution in [3.63, 3.8) is 0 Å². The summed E-state index contributed by atoms with van der Waals surface area (Å²) in [7, 11) is 1.88. The molecule has 2 N–H and O–H groups in total. The van der Waals surface area contributed by atoms with Crippen molar-refractivity contribution in [2.75, 3.05) is 20.1 Å². The lowest BCUT2D eigenvalue weighted by atomic mass is 9.93. The molecule has 1 aromatic carbocycles. The van der Waals surface area contributed by atoms with Crippen molar-refractivity contribution in [2.45, 2.75) is 20.4 Å².